The maximum Gasteiger partial charge on any atom is 0.194 e. The Balaban J connectivity index is 0.00000300. The Labute approximate surface area is 189 Å². The van der Waals surface area contributed by atoms with Gasteiger partial charge in [0.15, 0.2) is 5.96 Å². The number of methoxy groups -OCH3 is 1. The molecular weight excluding hydrogens is 483 g/mol. The Hall–Kier alpha value is -1.88. The van der Waals surface area contributed by atoms with Crippen LogP contribution in [0.15, 0.2) is 28.0 Å². The van der Waals surface area contributed by atoms with Crippen molar-refractivity contribution >= 4 is 29.9 Å². The summed E-state index contributed by atoms with van der Waals surface area (Å²) in [5, 5.41) is 7.42. The van der Waals surface area contributed by atoms with Crippen LogP contribution in [0.4, 0.5) is 0 Å². The molecule has 2 aromatic heterocycles. The van der Waals surface area contributed by atoms with Gasteiger partial charge in [0.2, 0.25) is 0 Å². The predicted molar refractivity (Wildman–Crippen MR) is 124 cm³/mol. The van der Waals surface area contributed by atoms with Gasteiger partial charge in [0, 0.05) is 62.7 Å². The van der Waals surface area contributed by atoms with Gasteiger partial charge in [-0.15, -0.1) is 24.0 Å². The highest BCUT2D eigenvalue weighted by atomic mass is 127. The van der Waals surface area contributed by atoms with Crippen molar-refractivity contribution in [3.63, 3.8) is 0 Å². The zero-order chi connectivity index (χ0) is 19.9. The monoisotopic (exact) mass is 514 g/mol. The summed E-state index contributed by atoms with van der Waals surface area (Å²) in [7, 11) is 1.70. The molecule has 29 heavy (non-hydrogen) atoms. The zero-order valence-electron chi connectivity index (χ0n) is 17.6. The summed E-state index contributed by atoms with van der Waals surface area (Å²) < 4.78 is 10.4. The van der Waals surface area contributed by atoms with Crippen LogP contribution in [0.3, 0.4) is 0 Å². The highest BCUT2D eigenvalue weighted by molar-refractivity contribution is 14.0. The highest BCUT2D eigenvalue weighted by Gasteiger charge is 2.20. The molecule has 0 saturated carbocycles. The van der Waals surface area contributed by atoms with Gasteiger partial charge < -0.3 is 19.5 Å². The van der Waals surface area contributed by atoms with Crippen LogP contribution in [0.1, 0.15) is 29.4 Å². The van der Waals surface area contributed by atoms with E-state index in [1.54, 1.807) is 13.4 Å². The van der Waals surface area contributed by atoms with Crippen molar-refractivity contribution in [2.24, 2.45) is 4.99 Å². The van der Waals surface area contributed by atoms with Crippen molar-refractivity contribution in [3.8, 4) is 5.75 Å². The second-order valence-electron chi connectivity index (χ2n) is 6.97. The first-order valence-electron chi connectivity index (χ1n) is 9.76. The van der Waals surface area contributed by atoms with Crippen molar-refractivity contribution in [2.45, 2.75) is 33.9 Å². The minimum atomic E-state index is 0. The number of hydrogen-bond acceptors (Lipinski definition) is 6. The summed E-state index contributed by atoms with van der Waals surface area (Å²) in [5.74, 6) is 1.83. The fourth-order valence-corrected chi connectivity index (χ4v) is 3.47. The van der Waals surface area contributed by atoms with E-state index in [0.29, 0.717) is 6.54 Å². The first-order valence-corrected chi connectivity index (χ1v) is 9.76. The molecule has 0 atom stereocenters. The molecule has 0 bridgehead atoms. The number of pyridine rings is 1. The number of nitrogens with one attached hydrogen (secondary N) is 1. The molecule has 3 rings (SSSR count). The zero-order valence-corrected chi connectivity index (χ0v) is 20.0. The number of aromatic nitrogens is 2. The third-order valence-electron chi connectivity index (χ3n) is 5.01. The quantitative estimate of drug-likeness (QED) is 0.361. The molecule has 9 heteroatoms. The third kappa shape index (κ3) is 6.05. The number of guanidine groups is 1. The summed E-state index contributed by atoms with van der Waals surface area (Å²) in [4.78, 5) is 14.1. The predicted octanol–water partition coefficient (Wildman–Crippen LogP) is 2.60. The Bertz CT molecular complexity index is 789. The summed E-state index contributed by atoms with van der Waals surface area (Å²) in [6.07, 6.45) is 3.48. The van der Waals surface area contributed by atoms with E-state index >= 15 is 0 Å². The van der Waals surface area contributed by atoms with E-state index in [9.17, 15) is 0 Å². The lowest BCUT2D eigenvalue weighted by Gasteiger charge is -2.36. The van der Waals surface area contributed by atoms with Gasteiger partial charge in [-0.3, -0.25) is 9.88 Å². The maximum absolute atomic E-state index is 5.51. The molecule has 0 aromatic carbocycles. The Morgan fingerprint density at radius 3 is 2.66 bits per heavy atom. The lowest BCUT2D eigenvalue weighted by Crippen LogP contribution is -2.52. The number of piperazine rings is 1. The number of aliphatic imine (C=N–C) groups is 1. The molecule has 8 nitrogen and oxygen atoms in total. The fraction of sp³-hybridized carbons (Fsp3) is 0.550. The van der Waals surface area contributed by atoms with Gasteiger partial charge in [0.25, 0.3) is 0 Å². The number of rotatable bonds is 6. The number of hydrogen-bond donors (Lipinski definition) is 1. The molecule has 1 aliphatic rings. The topological polar surface area (TPSA) is 79.0 Å². The molecule has 160 valence electrons. The van der Waals surface area contributed by atoms with Gasteiger partial charge in [0.05, 0.1) is 25.0 Å². The van der Waals surface area contributed by atoms with E-state index < -0.39 is 0 Å². The van der Waals surface area contributed by atoms with Gasteiger partial charge in [-0.2, -0.15) is 0 Å². The molecule has 0 aliphatic carbocycles. The molecule has 0 unspecified atom stereocenters. The van der Waals surface area contributed by atoms with Gasteiger partial charge in [-0.25, -0.2) is 4.99 Å². The van der Waals surface area contributed by atoms with E-state index in [4.69, 9.17) is 14.3 Å². The second-order valence-corrected chi connectivity index (χ2v) is 6.97. The van der Waals surface area contributed by atoms with E-state index in [1.807, 2.05) is 26.1 Å². The molecule has 0 radical (unpaired) electrons. The number of aryl methyl sites for hydroxylation is 1. The third-order valence-corrected chi connectivity index (χ3v) is 5.01. The molecule has 2 aromatic rings. The number of nitrogens with zero attached hydrogens (tertiary/aromatic N) is 5. The van der Waals surface area contributed by atoms with Crippen molar-refractivity contribution in [1.82, 2.24) is 25.3 Å². The minimum Gasteiger partial charge on any atom is -0.496 e. The van der Waals surface area contributed by atoms with Crippen LogP contribution in [0.2, 0.25) is 0 Å². The molecule has 1 fully saturated rings. The van der Waals surface area contributed by atoms with Gasteiger partial charge in [-0.1, -0.05) is 5.16 Å². The molecular formula is C20H31IN6O2. The van der Waals surface area contributed by atoms with E-state index in [2.05, 4.69) is 32.2 Å². The first-order chi connectivity index (χ1) is 13.6. The van der Waals surface area contributed by atoms with E-state index in [0.717, 1.165) is 73.5 Å². The molecule has 3 heterocycles. The molecule has 1 N–H and O–H groups in total. The Morgan fingerprint density at radius 1 is 1.28 bits per heavy atom. The van der Waals surface area contributed by atoms with Crippen molar-refractivity contribution in [2.75, 3.05) is 39.8 Å². The number of halogens is 1. The van der Waals surface area contributed by atoms with Crippen LogP contribution < -0.4 is 10.1 Å². The molecule has 1 saturated heterocycles. The van der Waals surface area contributed by atoms with Crippen LogP contribution in [0, 0.1) is 13.8 Å². The largest absolute Gasteiger partial charge is 0.496 e. The lowest BCUT2D eigenvalue weighted by atomic mass is 10.1. The van der Waals surface area contributed by atoms with Crippen LogP contribution >= 0.6 is 24.0 Å². The van der Waals surface area contributed by atoms with Crippen LogP contribution in [0.25, 0.3) is 0 Å². The van der Waals surface area contributed by atoms with Crippen LogP contribution in [0.5, 0.6) is 5.75 Å². The van der Waals surface area contributed by atoms with E-state index in [1.165, 1.54) is 0 Å². The second kappa shape index (κ2) is 11.3. The average Bonchev–Trinajstić information content (AvgIpc) is 3.20. The maximum atomic E-state index is 5.51. The Morgan fingerprint density at radius 2 is 2.03 bits per heavy atom. The fourth-order valence-electron chi connectivity index (χ4n) is 3.47. The molecule has 1 aliphatic heterocycles. The first kappa shape index (κ1) is 23.4. The highest BCUT2D eigenvalue weighted by Crippen LogP contribution is 2.24. The SMILES string of the molecule is CCNC(=NCc1ncc(C)c(OC)c1C)N1CCN(Cc2ccon2)CC1.I. The van der Waals surface area contributed by atoms with Gasteiger partial charge in [-0.05, 0) is 20.8 Å². The minimum absolute atomic E-state index is 0. The van der Waals surface area contributed by atoms with Gasteiger partial charge in [0.1, 0.15) is 12.0 Å². The summed E-state index contributed by atoms with van der Waals surface area (Å²) in [6.45, 7) is 12.1. The summed E-state index contributed by atoms with van der Waals surface area (Å²) >= 11 is 0. The number of ether oxygens (including phenoxy) is 1. The Kier molecular flexibility index (Phi) is 9.15. The normalized spacial score (nSPS) is 15.2. The summed E-state index contributed by atoms with van der Waals surface area (Å²) in [6, 6.07) is 1.92. The average molecular weight is 514 g/mol. The molecule has 0 spiro atoms. The van der Waals surface area contributed by atoms with Crippen molar-refractivity contribution in [3.05, 3.63) is 41.0 Å². The van der Waals surface area contributed by atoms with Crippen molar-refractivity contribution in [1.29, 1.82) is 0 Å². The van der Waals surface area contributed by atoms with Gasteiger partial charge >= 0.3 is 0 Å². The van der Waals surface area contributed by atoms with Crippen LogP contribution in [-0.4, -0.2) is 65.7 Å². The van der Waals surface area contributed by atoms with Crippen LogP contribution in [-0.2, 0) is 13.1 Å². The smallest absolute Gasteiger partial charge is 0.194 e. The lowest BCUT2D eigenvalue weighted by molar-refractivity contribution is 0.169. The molecule has 0 amide bonds. The van der Waals surface area contributed by atoms with E-state index in [-0.39, 0.29) is 24.0 Å². The standard InChI is InChI=1S/C20H30N6O2.HI/c1-5-21-20(23-13-18-16(3)19(27-4)15(2)12-22-18)26-9-7-25(8-10-26)14-17-6-11-28-24-17;/h6,11-12H,5,7-10,13-14H2,1-4H3,(H,21,23);1H. The summed E-state index contributed by atoms with van der Waals surface area (Å²) in [5.41, 5.74) is 4.02. The van der Waals surface area contributed by atoms with Crippen molar-refractivity contribution < 1.29 is 9.26 Å².